The lowest BCUT2D eigenvalue weighted by molar-refractivity contribution is -0.122. The summed E-state index contributed by atoms with van der Waals surface area (Å²) < 4.78 is 5.57. The summed E-state index contributed by atoms with van der Waals surface area (Å²) in [6.45, 7) is 4.44. The fourth-order valence-electron chi connectivity index (χ4n) is 2.23. The molecule has 19 heavy (non-hydrogen) atoms. The van der Waals surface area contributed by atoms with Crippen LogP contribution in [0.4, 0.5) is 0 Å². The molecule has 1 aromatic carbocycles. The summed E-state index contributed by atoms with van der Waals surface area (Å²) in [6.07, 6.45) is 2.45. The van der Waals surface area contributed by atoms with Crippen LogP contribution < -0.4 is 15.4 Å². The van der Waals surface area contributed by atoms with Crippen LogP contribution in [0.2, 0.25) is 0 Å². The Balaban J connectivity index is 1.66. The molecule has 0 bridgehead atoms. The van der Waals surface area contributed by atoms with E-state index >= 15 is 0 Å². The zero-order valence-corrected chi connectivity index (χ0v) is 11.4. The van der Waals surface area contributed by atoms with Crippen molar-refractivity contribution in [3.8, 4) is 5.75 Å². The Morgan fingerprint density at radius 1 is 1.42 bits per heavy atom. The first-order chi connectivity index (χ1) is 9.24. The number of carbonyl (C=O) groups excluding carboxylic acids is 1. The molecule has 2 rings (SSSR count). The summed E-state index contributed by atoms with van der Waals surface area (Å²) in [6, 6.07) is 8.20. The molecule has 1 amide bonds. The SMILES string of the molecule is Cc1cccc(OCCC(=O)NC2CCNCC2)c1. The van der Waals surface area contributed by atoms with Gasteiger partial charge in [0.15, 0.2) is 0 Å². The summed E-state index contributed by atoms with van der Waals surface area (Å²) >= 11 is 0. The Hall–Kier alpha value is -1.55. The molecule has 1 aliphatic heterocycles. The number of aryl methyl sites for hydroxylation is 1. The van der Waals surface area contributed by atoms with Crippen LogP contribution in [0.25, 0.3) is 0 Å². The Labute approximate surface area is 114 Å². The second kappa shape index (κ2) is 7.14. The van der Waals surface area contributed by atoms with Crippen LogP contribution in [0.15, 0.2) is 24.3 Å². The zero-order chi connectivity index (χ0) is 13.5. The molecule has 0 unspecified atom stereocenters. The molecule has 4 heteroatoms. The normalized spacial score (nSPS) is 16.1. The molecule has 1 aromatic rings. The minimum atomic E-state index is 0.0829. The second-order valence-electron chi connectivity index (χ2n) is 5.01. The van der Waals surface area contributed by atoms with Gasteiger partial charge in [-0.2, -0.15) is 0 Å². The van der Waals surface area contributed by atoms with Gasteiger partial charge in [-0.25, -0.2) is 0 Å². The fraction of sp³-hybridized carbons (Fsp3) is 0.533. The molecular formula is C15H22N2O2. The third-order valence-electron chi connectivity index (χ3n) is 3.29. The maximum Gasteiger partial charge on any atom is 0.223 e. The van der Waals surface area contributed by atoms with Crippen LogP contribution >= 0.6 is 0 Å². The van der Waals surface area contributed by atoms with Crippen LogP contribution in [-0.4, -0.2) is 31.6 Å². The number of hydrogen-bond donors (Lipinski definition) is 2. The molecule has 1 fully saturated rings. The van der Waals surface area contributed by atoms with Gasteiger partial charge >= 0.3 is 0 Å². The molecule has 1 saturated heterocycles. The third-order valence-corrected chi connectivity index (χ3v) is 3.29. The molecule has 0 atom stereocenters. The van der Waals surface area contributed by atoms with Gasteiger partial charge in [0.2, 0.25) is 5.91 Å². The summed E-state index contributed by atoms with van der Waals surface area (Å²) in [4.78, 5) is 11.8. The maximum atomic E-state index is 11.8. The largest absolute Gasteiger partial charge is 0.493 e. The molecule has 0 saturated carbocycles. The van der Waals surface area contributed by atoms with Gasteiger partial charge in [-0.3, -0.25) is 4.79 Å². The van der Waals surface area contributed by atoms with Gasteiger partial charge in [0.1, 0.15) is 5.75 Å². The Kier molecular flexibility index (Phi) is 5.21. The summed E-state index contributed by atoms with van der Waals surface area (Å²) in [5.74, 6) is 0.911. The first-order valence-corrected chi connectivity index (χ1v) is 6.93. The number of benzene rings is 1. The van der Waals surface area contributed by atoms with E-state index in [4.69, 9.17) is 4.74 Å². The van der Waals surface area contributed by atoms with Gasteiger partial charge in [-0.05, 0) is 50.6 Å². The highest BCUT2D eigenvalue weighted by molar-refractivity contribution is 5.76. The van der Waals surface area contributed by atoms with E-state index in [1.165, 1.54) is 0 Å². The predicted molar refractivity (Wildman–Crippen MR) is 75.3 cm³/mol. The van der Waals surface area contributed by atoms with Gasteiger partial charge in [0, 0.05) is 6.04 Å². The van der Waals surface area contributed by atoms with Crippen molar-refractivity contribution in [2.24, 2.45) is 0 Å². The monoisotopic (exact) mass is 262 g/mol. The van der Waals surface area contributed by atoms with Gasteiger partial charge in [0.25, 0.3) is 0 Å². The van der Waals surface area contributed by atoms with Crippen molar-refractivity contribution < 1.29 is 9.53 Å². The van der Waals surface area contributed by atoms with Gasteiger partial charge in [0.05, 0.1) is 13.0 Å². The van der Waals surface area contributed by atoms with E-state index in [2.05, 4.69) is 10.6 Å². The smallest absolute Gasteiger partial charge is 0.223 e. The second-order valence-corrected chi connectivity index (χ2v) is 5.01. The van der Waals surface area contributed by atoms with E-state index in [-0.39, 0.29) is 5.91 Å². The predicted octanol–water partition coefficient (Wildman–Crippen LogP) is 1.63. The number of ether oxygens (including phenoxy) is 1. The van der Waals surface area contributed by atoms with Crippen LogP contribution in [0.3, 0.4) is 0 Å². The minimum absolute atomic E-state index is 0.0829. The molecular weight excluding hydrogens is 240 g/mol. The Bertz CT molecular complexity index is 414. The molecule has 2 N–H and O–H groups in total. The molecule has 1 aliphatic rings. The summed E-state index contributed by atoms with van der Waals surface area (Å²) in [5, 5.41) is 6.34. The lowest BCUT2D eigenvalue weighted by Crippen LogP contribution is -2.43. The average Bonchev–Trinajstić information content (AvgIpc) is 2.40. The van der Waals surface area contributed by atoms with E-state index in [0.717, 1.165) is 37.2 Å². The van der Waals surface area contributed by atoms with Crippen LogP contribution in [0, 0.1) is 6.92 Å². The third kappa shape index (κ3) is 4.91. The lowest BCUT2D eigenvalue weighted by Gasteiger charge is -2.23. The van der Waals surface area contributed by atoms with Crippen molar-refractivity contribution in [3.63, 3.8) is 0 Å². The van der Waals surface area contributed by atoms with Crippen molar-refractivity contribution in [2.75, 3.05) is 19.7 Å². The van der Waals surface area contributed by atoms with Crippen molar-refractivity contribution >= 4 is 5.91 Å². The summed E-state index contributed by atoms with van der Waals surface area (Å²) in [7, 11) is 0. The zero-order valence-electron chi connectivity index (χ0n) is 11.4. The van der Waals surface area contributed by atoms with Crippen LogP contribution in [0.1, 0.15) is 24.8 Å². The molecule has 1 heterocycles. The van der Waals surface area contributed by atoms with Crippen molar-refractivity contribution in [2.45, 2.75) is 32.2 Å². The number of piperidine rings is 1. The van der Waals surface area contributed by atoms with E-state index in [1.54, 1.807) is 0 Å². The Morgan fingerprint density at radius 2 is 2.21 bits per heavy atom. The molecule has 104 valence electrons. The number of rotatable bonds is 5. The van der Waals surface area contributed by atoms with E-state index in [1.807, 2.05) is 31.2 Å². The molecule has 0 spiro atoms. The number of hydrogen-bond acceptors (Lipinski definition) is 3. The van der Waals surface area contributed by atoms with Crippen LogP contribution in [0.5, 0.6) is 5.75 Å². The van der Waals surface area contributed by atoms with Crippen molar-refractivity contribution in [1.29, 1.82) is 0 Å². The highest BCUT2D eigenvalue weighted by Gasteiger charge is 2.14. The standard InChI is InChI=1S/C15H22N2O2/c1-12-3-2-4-14(11-12)19-10-7-15(18)17-13-5-8-16-9-6-13/h2-4,11,13,16H,5-10H2,1H3,(H,17,18). The number of nitrogens with one attached hydrogen (secondary N) is 2. The fourth-order valence-corrected chi connectivity index (χ4v) is 2.23. The topological polar surface area (TPSA) is 50.4 Å². The van der Waals surface area contributed by atoms with Gasteiger partial charge in [-0.1, -0.05) is 12.1 Å². The van der Waals surface area contributed by atoms with Gasteiger partial charge < -0.3 is 15.4 Å². The maximum absolute atomic E-state index is 11.8. The average molecular weight is 262 g/mol. The first-order valence-electron chi connectivity index (χ1n) is 6.93. The quantitative estimate of drug-likeness (QED) is 0.848. The number of carbonyl (C=O) groups is 1. The highest BCUT2D eigenvalue weighted by atomic mass is 16.5. The molecule has 0 aliphatic carbocycles. The van der Waals surface area contributed by atoms with Crippen molar-refractivity contribution in [3.05, 3.63) is 29.8 Å². The van der Waals surface area contributed by atoms with E-state index in [0.29, 0.717) is 19.1 Å². The van der Waals surface area contributed by atoms with E-state index < -0.39 is 0 Å². The molecule has 4 nitrogen and oxygen atoms in total. The number of amides is 1. The summed E-state index contributed by atoms with van der Waals surface area (Å²) in [5.41, 5.74) is 1.16. The lowest BCUT2D eigenvalue weighted by atomic mass is 10.1. The van der Waals surface area contributed by atoms with Crippen molar-refractivity contribution in [1.82, 2.24) is 10.6 Å². The van der Waals surface area contributed by atoms with Gasteiger partial charge in [-0.15, -0.1) is 0 Å². The van der Waals surface area contributed by atoms with E-state index in [9.17, 15) is 4.79 Å². The Morgan fingerprint density at radius 3 is 2.95 bits per heavy atom. The highest BCUT2D eigenvalue weighted by Crippen LogP contribution is 2.12. The minimum Gasteiger partial charge on any atom is -0.493 e. The molecule has 0 aromatic heterocycles. The molecule has 0 radical (unpaired) electrons. The first kappa shape index (κ1) is 13.9. The van der Waals surface area contributed by atoms with Crippen LogP contribution in [-0.2, 0) is 4.79 Å².